The Morgan fingerprint density at radius 3 is 2.93 bits per heavy atom. The fourth-order valence-corrected chi connectivity index (χ4v) is 5.17. The Balaban J connectivity index is 1.40. The molecule has 1 saturated carbocycles. The van der Waals surface area contributed by atoms with Gasteiger partial charge in [0.2, 0.25) is 0 Å². The van der Waals surface area contributed by atoms with Crippen molar-refractivity contribution in [3.05, 3.63) is 60.2 Å². The molecule has 1 aliphatic carbocycles. The number of aromatic nitrogens is 3. The predicted molar refractivity (Wildman–Crippen MR) is 120 cm³/mol. The zero-order valence-corrected chi connectivity index (χ0v) is 17.3. The van der Waals surface area contributed by atoms with E-state index < -0.39 is 0 Å². The summed E-state index contributed by atoms with van der Waals surface area (Å²) >= 11 is 1.59. The molecule has 30 heavy (non-hydrogen) atoms. The minimum absolute atomic E-state index is 0.0690. The summed E-state index contributed by atoms with van der Waals surface area (Å²) in [5.41, 5.74) is 3.83. The Bertz CT molecular complexity index is 1230. The molecule has 2 atom stereocenters. The Labute approximate surface area is 177 Å². The molecule has 4 aromatic rings. The van der Waals surface area contributed by atoms with Gasteiger partial charge in [-0.05, 0) is 48.2 Å². The fourth-order valence-electron chi connectivity index (χ4n) is 4.18. The summed E-state index contributed by atoms with van der Waals surface area (Å²) in [5.74, 6) is -0.295. The zero-order chi connectivity index (χ0) is 20.7. The highest BCUT2D eigenvalue weighted by molar-refractivity contribution is 7.22. The van der Waals surface area contributed by atoms with Crippen molar-refractivity contribution in [2.75, 3.05) is 5.32 Å². The number of anilines is 1. The molecule has 0 radical (unpaired) electrons. The van der Waals surface area contributed by atoms with E-state index in [1.165, 1.54) is 6.07 Å². The third kappa shape index (κ3) is 3.59. The molecular formula is C23H23FN4OS. The Hall–Kier alpha value is -2.77. The summed E-state index contributed by atoms with van der Waals surface area (Å²) in [6.07, 6.45) is 7.01. The van der Waals surface area contributed by atoms with E-state index in [0.717, 1.165) is 52.2 Å². The first-order valence-corrected chi connectivity index (χ1v) is 11.0. The van der Waals surface area contributed by atoms with Crippen LogP contribution in [-0.4, -0.2) is 31.8 Å². The normalized spacial score (nSPS) is 19.4. The second kappa shape index (κ2) is 7.81. The summed E-state index contributed by atoms with van der Waals surface area (Å²) in [5, 5.41) is 14.5. The molecule has 0 saturated heterocycles. The number of benzene rings is 2. The van der Waals surface area contributed by atoms with Gasteiger partial charge in [0.1, 0.15) is 11.3 Å². The molecule has 1 aliphatic rings. The van der Waals surface area contributed by atoms with Crippen molar-refractivity contribution in [2.45, 2.75) is 44.4 Å². The zero-order valence-electron chi connectivity index (χ0n) is 16.5. The highest BCUT2D eigenvalue weighted by atomic mass is 32.1. The molecule has 154 valence electrons. The lowest BCUT2D eigenvalue weighted by molar-refractivity contribution is 0.116. The van der Waals surface area contributed by atoms with Gasteiger partial charge in [0.25, 0.3) is 0 Å². The first-order valence-electron chi connectivity index (χ1n) is 10.2. The quantitative estimate of drug-likeness (QED) is 0.464. The van der Waals surface area contributed by atoms with Gasteiger partial charge in [0.15, 0.2) is 5.13 Å². The van der Waals surface area contributed by atoms with Gasteiger partial charge < -0.3 is 15.0 Å². The molecule has 0 bridgehead atoms. The van der Waals surface area contributed by atoms with Crippen molar-refractivity contribution in [1.82, 2.24) is 14.5 Å². The summed E-state index contributed by atoms with van der Waals surface area (Å²) in [6.45, 7) is 4.23. The number of fused-ring (bicyclic) bond motifs is 2. The van der Waals surface area contributed by atoms with Gasteiger partial charge >= 0.3 is 0 Å². The van der Waals surface area contributed by atoms with Crippen molar-refractivity contribution in [3.63, 3.8) is 0 Å². The van der Waals surface area contributed by atoms with Gasteiger partial charge in [0.05, 0.1) is 34.2 Å². The molecule has 2 N–H and O–H groups in total. The van der Waals surface area contributed by atoms with E-state index in [2.05, 4.69) is 27.9 Å². The van der Waals surface area contributed by atoms with Gasteiger partial charge in [-0.2, -0.15) is 0 Å². The minimum atomic E-state index is -0.313. The molecule has 0 unspecified atom stereocenters. The maximum atomic E-state index is 14.6. The van der Waals surface area contributed by atoms with E-state index in [1.54, 1.807) is 23.7 Å². The average molecular weight is 423 g/mol. The number of nitrogens with zero attached hydrogens (tertiary/aromatic N) is 3. The largest absolute Gasteiger partial charge is 0.391 e. The molecule has 5 rings (SSSR count). The third-order valence-electron chi connectivity index (χ3n) is 5.77. The summed E-state index contributed by atoms with van der Waals surface area (Å²) < 4.78 is 17.5. The van der Waals surface area contributed by atoms with Crippen LogP contribution in [0, 0.1) is 5.82 Å². The molecule has 2 heterocycles. The van der Waals surface area contributed by atoms with Crippen molar-refractivity contribution in [1.29, 1.82) is 0 Å². The van der Waals surface area contributed by atoms with Crippen LogP contribution in [0.1, 0.15) is 36.8 Å². The summed E-state index contributed by atoms with van der Waals surface area (Å²) in [7, 11) is 0. The molecule has 0 spiro atoms. The highest BCUT2D eigenvalue weighted by Crippen LogP contribution is 2.30. The molecule has 0 amide bonds. The van der Waals surface area contributed by atoms with Crippen LogP contribution >= 0.6 is 11.3 Å². The second-order valence-corrected chi connectivity index (χ2v) is 8.90. The highest BCUT2D eigenvalue weighted by Gasteiger charge is 2.23. The third-order valence-corrected chi connectivity index (χ3v) is 6.72. The molecular weight excluding hydrogens is 399 g/mol. The van der Waals surface area contributed by atoms with E-state index in [-0.39, 0.29) is 18.0 Å². The Morgan fingerprint density at radius 1 is 1.23 bits per heavy atom. The smallest absolute Gasteiger partial charge is 0.184 e. The molecule has 1 fully saturated rings. The van der Waals surface area contributed by atoms with Crippen LogP contribution in [0.4, 0.5) is 9.52 Å². The number of thiazole rings is 1. The monoisotopic (exact) mass is 422 g/mol. The standard InChI is InChI=1S/C23H23FN4OS/c1-2-14-9-16(24)22-19(10-14)25-13-28(22)12-15-7-8-18-21(11-15)30-23(27-18)26-17-5-3-4-6-20(17)29/h2,7-11,13,17,20,29H,1,3-6,12H2,(H,26,27)/t17-,20-/m1/s1. The van der Waals surface area contributed by atoms with Crippen LogP contribution < -0.4 is 5.32 Å². The number of aliphatic hydroxyl groups excluding tert-OH is 1. The molecule has 5 nitrogen and oxygen atoms in total. The van der Waals surface area contributed by atoms with Gasteiger partial charge in [-0.3, -0.25) is 0 Å². The van der Waals surface area contributed by atoms with Crippen molar-refractivity contribution in [2.24, 2.45) is 0 Å². The first-order chi connectivity index (χ1) is 14.6. The van der Waals surface area contributed by atoms with E-state index in [4.69, 9.17) is 0 Å². The maximum absolute atomic E-state index is 14.6. The number of hydrogen-bond donors (Lipinski definition) is 2. The fraction of sp³-hybridized carbons (Fsp3) is 0.304. The van der Waals surface area contributed by atoms with Crippen molar-refractivity contribution >= 4 is 43.8 Å². The lowest BCUT2D eigenvalue weighted by Gasteiger charge is -2.27. The number of hydrogen-bond acceptors (Lipinski definition) is 5. The van der Waals surface area contributed by atoms with E-state index >= 15 is 0 Å². The summed E-state index contributed by atoms with van der Waals surface area (Å²) in [6, 6.07) is 9.50. The lowest BCUT2D eigenvalue weighted by atomic mass is 9.93. The number of halogens is 1. The van der Waals surface area contributed by atoms with Crippen LogP contribution in [0.15, 0.2) is 43.2 Å². The Morgan fingerprint density at radius 2 is 2.10 bits per heavy atom. The second-order valence-electron chi connectivity index (χ2n) is 7.87. The molecule has 0 aliphatic heterocycles. The first kappa shape index (κ1) is 19.2. The molecule has 7 heteroatoms. The SMILES string of the molecule is C=Cc1cc(F)c2c(c1)ncn2Cc1ccc2nc(N[C@@H]3CCCC[C@H]3O)sc2c1. The average Bonchev–Trinajstić information content (AvgIpc) is 3.33. The molecule has 2 aromatic heterocycles. The van der Waals surface area contributed by atoms with Crippen molar-refractivity contribution in [3.8, 4) is 0 Å². The number of imidazole rings is 1. The van der Waals surface area contributed by atoms with Crippen LogP contribution in [0.3, 0.4) is 0 Å². The van der Waals surface area contributed by atoms with Gasteiger partial charge in [-0.1, -0.05) is 42.9 Å². The van der Waals surface area contributed by atoms with E-state index in [0.29, 0.717) is 17.6 Å². The number of aliphatic hydroxyl groups is 1. The van der Waals surface area contributed by atoms with Crippen molar-refractivity contribution < 1.29 is 9.50 Å². The predicted octanol–water partition coefficient (Wildman–Crippen LogP) is 5.19. The maximum Gasteiger partial charge on any atom is 0.184 e. The van der Waals surface area contributed by atoms with E-state index in [9.17, 15) is 9.50 Å². The van der Waals surface area contributed by atoms with Gasteiger partial charge in [0, 0.05) is 6.54 Å². The number of nitrogens with one attached hydrogen (secondary N) is 1. The van der Waals surface area contributed by atoms with Crippen LogP contribution in [-0.2, 0) is 6.54 Å². The van der Waals surface area contributed by atoms with Crippen LogP contribution in [0.5, 0.6) is 0 Å². The number of rotatable bonds is 5. The van der Waals surface area contributed by atoms with Crippen LogP contribution in [0.25, 0.3) is 27.3 Å². The van der Waals surface area contributed by atoms with Gasteiger partial charge in [-0.15, -0.1) is 0 Å². The lowest BCUT2D eigenvalue weighted by Crippen LogP contribution is -2.36. The van der Waals surface area contributed by atoms with E-state index in [1.807, 2.05) is 22.8 Å². The topological polar surface area (TPSA) is 63.0 Å². The minimum Gasteiger partial charge on any atom is -0.391 e. The van der Waals surface area contributed by atoms with Crippen LogP contribution in [0.2, 0.25) is 0 Å². The van der Waals surface area contributed by atoms with Gasteiger partial charge in [-0.25, -0.2) is 14.4 Å². The summed E-state index contributed by atoms with van der Waals surface area (Å²) in [4.78, 5) is 9.02. The molecule has 2 aromatic carbocycles. The Kier molecular flexibility index (Phi) is 5.00.